The number of anilines is 1. The van der Waals surface area contributed by atoms with Gasteiger partial charge in [0.25, 0.3) is 5.56 Å². The van der Waals surface area contributed by atoms with Gasteiger partial charge >= 0.3 is 0 Å². The minimum absolute atomic E-state index is 0.0673. The van der Waals surface area contributed by atoms with Gasteiger partial charge in [-0.3, -0.25) is 9.59 Å². The summed E-state index contributed by atoms with van der Waals surface area (Å²) in [5.41, 5.74) is 2.98. The third-order valence-corrected chi connectivity index (χ3v) is 4.87. The minimum atomic E-state index is -0.369. The van der Waals surface area contributed by atoms with Crippen molar-refractivity contribution in [1.82, 2.24) is 9.89 Å². The van der Waals surface area contributed by atoms with Crippen molar-refractivity contribution in [2.24, 2.45) is 0 Å². The zero-order chi connectivity index (χ0) is 20.2. The second kappa shape index (κ2) is 8.32. The lowest BCUT2D eigenvalue weighted by Gasteiger charge is -2.29. The van der Waals surface area contributed by atoms with Gasteiger partial charge in [0.05, 0.1) is 32.1 Å². The van der Waals surface area contributed by atoms with E-state index in [1.54, 1.807) is 25.3 Å². The number of hydrogen-bond acceptors (Lipinski definition) is 6. The van der Waals surface area contributed by atoms with Crippen molar-refractivity contribution < 1.29 is 14.3 Å². The van der Waals surface area contributed by atoms with Crippen LogP contribution in [0.1, 0.15) is 5.56 Å². The number of ether oxygens (including phenoxy) is 2. The number of nitrogens with one attached hydrogen (secondary N) is 1. The molecule has 1 aliphatic rings. The molecule has 0 spiro atoms. The molecule has 0 atom stereocenters. The van der Waals surface area contributed by atoms with Gasteiger partial charge in [-0.1, -0.05) is 36.4 Å². The Morgan fingerprint density at radius 2 is 1.79 bits per heavy atom. The van der Waals surface area contributed by atoms with Crippen LogP contribution < -0.4 is 20.6 Å². The van der Waals surface area contributed by atoms with Crippen LogP contribution in [0.3, 0.4) is 0 Å². The van der Waals surface area contributed by atoms with Crippen molar-refractivity contribution in [3.63, 3.8) is 0 Å². The lowest BCUT2D eigenvalue weighted by atomic mass is 10.1. The Hall–Kier alpha value is -3.39. The largest absolute Gasteiger partial charge is 0.496 e. The maximum atomic E-state index is 12.9. The van der Waals surface area contributed by atoms with Gasteiger partial charge in [-0.2, -0.15) is 0 Å². The summed E-state index contributed by atoms with van der Waals surface area (Å²) in [5.74, 6) is 0.920. The fraction of sp³-hybridized carbons (Fsp3) is 0.286. The summed E-state index contributed by atoms with van der Waals surface area (Å²) in [6, 6.07) is 14.6. The number of para-hydroxylation sites is 1. The summed E-state index contributed by atoms with van der Waals surface area (Å²) in [6.07, 6.45) is 0.0673. The molecule has 4 rings (SSSR count). The maximum absolute atomic E-state index is 12.9. The number of carbonyl (C=O) groups excluding carboxylic acids is 1. The van der Waals surface area contributed by atoms with E-state index in [1.165, 1.54) is 0 Å². The molecule has 0 saturated carbocycles. The normalized spacial score (nSPS) is 14.0. The fourth-order valence-corrected chi connectivity index (χ4v) is 3.44. The second-order valence-corrected chi connectivity index (χ2v) is 6.71. The van der Waals surface area contributed by atoms with Crippen molar-refractivity contribution in [2.45, 2.75) is 6.42 Å². The maximum Gasteiger partial charge on any atom is 0.294 e. The van der Waals surface area contributed by atoms with E-state index >= 15 is 0 Å². The number of rotatable bonds is 5. The topological polar surface area (TPSA) is 85.7 Å². The van der Waals surface area contributed by atoms with Crippen LogP contribution in [0.15, 0.2) is 53.3 Å². The molecule has 3 aromatic rings. The Bertz CT molecular complexity index is 1090. The zero-order valence-electron chi connectivity index (χ0n) is 16.1. The van der Waals surface area contributed by atoms with E-state index in [4.69, 9.17) is 9.47 Å². The van der Waals surface area contributed by atoms with Crippen LogP contribution in [0.4, 0.5) is 5.82 Å². The minimum Gasteiger partial charge on any atom is -0.496 e. The van der Waals surface area contributed by atoms with Gasteiger partial charge in [-0.25, -0.2) is 5.43 Å². The standard InChI is InChI=1S/C21H22N4O4/c1-28-18-9-5-2-6-15(18)14-19(26)22-25-21(27)17-8-4-3-7-16(17)20(23-25)24-10-12-29-13-11-24/h2-9H,10-14H2,1H3,(H,22,26). The molecular formula is C21H22N4O4. The van der Waals surface area contributed by atoms with Crippen molar-refractivity contribution in [3.8, 4) is 5.75 Å². The van der Waals surface area contributed by atoms with Crippen LogP contribution in [-0.2, 0) is 16.0 Å². The first-order chi connectivity index (χ1) is 14.2. The van der Waals surface area contributed by atoms with Crippen molar-refractivity contribution in [3.05, 3.63) is 64.4 Å². The molecule has 1 amide bonds. The SMILES string of the molecule is COc1ccccc1CC(=O)Nn1nc(N2CCOCC2)c2ccccc2c1=O. The zero-order valence-corrected chi connectivity index (χ0v) is 16.1. The Labute approximate surface area is 167 Å². The van der Waals surface area contributed by atoms with Crippen LogP contribution >= 0.6 is 0 Å². The number of fused-ring (bicyclic) bond motifs is 1. The van der Waals surface area contributed by atoms with E-state index in [1.807, 2.05) is 30.3 Å². The molecule has 0 aliphatic carbocycles. The molecule has 29 heavy (non-hydrogen) atoms. The monoisotopic (exact) mass is 394 g/mol. The lowest BCUT2D eigenvalue weighted by molar-refractivity contribution is -0.116. The molecule has 1 aliphatic heterocycles. The Kier molecular flexibility index (Phi) is 5.44. The molecule has 1 aromatic heterocycles. The van der Waals surface area contributed by atoms with Gasteiger partial charge in [-0.05, 0) is 12.1 Å². The lowest BCUT2D eigenvalue weighted by Crippen LogP contribution is -2.41. The van der Waals surface area contributed by atoms with Crippen molar-refractivity contribution in [1.29, 1.82) is 0 Å². The molecular weight excluding hydrogens is 372 g/mol. The second-order valence-electron chi connectivity index (χ2n) is 6.71. The summed E-state index contributed by atoms with van der Waals surface area (Å²) in [6.45, 7) is 2.53. The average Bonchev–Trinajstić information content (AvgIpc) is 2.76. The number of nitrogens with zero attached hydrogens (tertiary/aromatic N) is 3. The molecule has 8 nitrogen and oxygen atoms in total. The van der Waals surface area contributed by atoms with Crippen LogP contribution in [0, 0.1) is 0 Å². The van der Waals surface area contributed by atoms with Gasteiger partial charge in [-0.15, -0.1) is 9.89 Å². The highest BCUT2D eigenvalue weighted by Crippen LogP contribution is 2.22. The average molecular weight is 394 g/mol. The van der Waals surface area contributed by atoms with Gasteiger partial charge < -0.3 is 14.4 Å². The highest BCUT2D eigenvalue weighted by molar-refractivity contribution is 5.92. The summed E-state index contributed by atoms with van der Waals surface area (Å²) < 4.78 is 10.7. The van der Waals surface area contributed by atoms with E-state index in [-0.39, 0.29) is 17.9 Å². The summed E-state index contributed by atoms with van der Waals surface area (Å²) >= 11 is 0. The third kappa shape index (κ3) is 3.93. The number of hydrogen-bond donors (Lipinski definition) is 1. The Morgan fingerprint density at radius 3 is 2.55 bits per heavy atom. The fourth-order valence-electron chi connectivity index (χ4n) is 3.44. The van der Waals surface area contributed by atoms with Crippen LogP contribution in [0.5, 0.6) is 5.75 Å². The predicted octanol–water partition coefficient (Wildman–Crippen LogP) is 1.55. The van der Waals surface area contributed by atoms with Crippen molar-refractivity contribution >= 4 is 22.5 Å². The third-order valence-electron chi connectivity index (χ3n) is 4.87. The Balaban J connectivity index is 1.67. The number of amides is 1. The molecule has 0 bridgehead atoms. The van der Waals surface area contributed by atoms with E-state index in [0.717, 1.165) is 15.7 Å². The first-order valence-electron chi connectivity index (χ1n) is 9.44. The van der Waals surface area contributed by atoms with Gasteiger partial charge in [0, 0.05) is 24.0 Å². The van der Waals surface area contributed by atoms with E-state index in [9.17, 15) is 9.59 Å². The predicted molar refractivity (Wildman–Crippen MR) is 110 cm³/mol. The van der Waals surface area contributed by atoms with Gasteiger partial charge in [0.1, 0.15) is 5.75 Å². The first kappa shape index (κ1) is 18.9. The summed E-state index contributed by atoms with van der Waals surface area (Å²) in [4.78, 5) is 28.6. The van der Waals surface area contributed by atoms with E-state index in [2.05, 4.69) is 15.4 Å². The molecule has 1 N–H and O–H groups in total. The van der Waals surface area contributed by atoms with Crippen molar-refractivity contribution in [2.75, 3.05) is 43.7 Å². The molecule has 150 valence electrons. The van der Waals surface area contributed by atoms with E-state index < -0.39 is 0 Å². The quantitative estimate of drug-likeness (QED) is 0.707. The molecule has 2 aromatic carbocycles. The highest BCUT2D eigenvalue weighted by Gasteiger charge is 2.19. The molecule has 8 heteroatoms. The smallest absolute Gasteiger partial charge is 0.294 e. The highest BCUT2D eigenvalue weighted by atomic mass is 16.5. The van der Waals surface area contributed by atoms with Gasteiger partial charge in [0.2, 0.25) is 5.91 Å². The number of morpholine rings is 1. The van der Waals surface area contributed by atoms with Gasteiger partial charge in [0.15, 0.2) is 5.82 Å². The van der Waals surface area contributed by atoms with Crippen LogP contribution in [-0.4, -0.2) is 49.2 Å². The molecule has 1 fully saturated rings. The molecule has 0 unspecified atom stereocenters. The van der Waals surface area contributed by atoms with Crippen LogP contribution in [0.2, 0.25) is 0 Å². The molecule has 0 radical (unpaired) electrons. The first-order valence-corrected chi connectivity index (χ1v) is 9.44. The molecule has 1 saturated heterocycles. The van der Waals surface area contributed by atoms with Crippen LogP contribution in [0.25, 0.3) is 10.8 Å². The Morgan fingerprint density at radius 1 is 1.10 bits per heavy atom. The molecule has 2 heterocycles. The number of carbonyl (C=O) groups is 1. The number of benzene rings is 2. The number of aromatic nitrogens is 2. The number of methoxy groups -OCH3 is 1. The summed E-state index contributed by atoms with van der Waals surface area (Å²) in [5, 5.41) is 5.72. The summed E-state index contributed by atoms with van der Waals surface area (Å²) in [7, 11) is 1.56. The van der Waals surface area contributed by atoms with E-state index in [0.29, 0.717) is 43.3 Å².